The van der Waals surface area contributed by atoms with Gasteiger partial charge in [-0.25, -0.2) is 4.79 Å². The zero-order valence-electron chi connectivity index (χ0n) is 15.1. The lowest BCUT2D eigenvalue weighted by Crippen LogP contribution is -2.04. The molecule has 6 heteroatoms. The number of fused-ring (bicyclic) bond motifs is 1. The number of carbonyl (C=O) groups excluding carboxylic acids is 1. The number of hydrogen-bond donors (Lipinski definition) is 1. The molecule has 0 aliphatic heterocycles. The molecule has 0 radical (unpaired) electrons. The van der Waals surface area contributed by atoms with Crippen LogP contribution in [0.25, 0.3) is 33.4 Å². The zero-order chi connectivity index (χ0) is 18.8. The largest absolute Gasteiger partial charge is 0.462 e. The number of benzene rings is 1. The number of nitrogens with zero attached hydrogens (tertiary/aromatic N) is 3. The Morgan fingerprint density at radius 1 is 1.15 bits per heavy atom. The van der Waals surface area contributed by atoms with Crippen LogP contribution in [0, 0.1) is 6.92 Å². The number of hydrogen-bond acceptors (Lipinski definition) is 5. The molecule has 0 spiro atoms. The van der Waals surface area contributed by atoms with Crippen molar-refractivity contribution in [3.8, 4) is 22.5 Å². The summed E-state index contributed by atoms with van der Waals surface area (Å²) in [7, 11) is 0. The number of esters is 1. The van der Waals surface area contributed by atoms with Gasteiger partial charge in [0.05, 0.1) is 35.3 Å². The normalized spacial score (nSPS) is 10.9. The van der Waals surface area contributed by atoms with Crippen molar-refractivity contribution in [2.24, 2.45) is 0 Å². The zero-order valence-corrected chi connectivity index (χ0v) is 15.1. The number of aryl methyl sites for hydroxylation is 1. The minimum absolute atomic E-state index is 0.332. The molecule has 0 aliphatic carbocycles. The first kappa shape index (κ1) is 16.9. The number of carbonyl (C=O) groups is 1. The van der Waals surface area contributed by atoms with Gasteiger partial charge in [-0.2, -0.15) is 5.10 Å². The number of nitrogens with one attached hydrogen (secondary N) is 1. The number of pyridine rings is 2. The van der Waals surface area contributed by atoms with Crippen LogP contribution in [0.4, 0.5) is 0 Å². The summed E-state index contributed by atoms with van der Waals surface area (Å²) in [5.74, 6) is -0.370. The Labute approximate surface area is 156 Å². The molecule has 1 aromatic carbocycles. The highest BCUT2D eigenvalue weighted by molar-refractivity contribution is 5.95. The summed E-state index contributed by atoms with van der Waals surface area (Å²) in [5, 5.41) is 8.10. The average Bonchev–Trinajstić information content (AvgIpc) is 3.17. The predicted molar refractivity (Wildman–Crippen MR) is 103 cm³/mol. The van der Waals surface area contributed by atoms with Crippen molar-refractivity contribution in [3.63, 3.8) is 0 Å². The standard InChI is InChI=1S/C21H18N4O2/c1-3-27-21(26)16-10-15-9-14(7-8-18(15)22-11-16)17-12-23-25-20(17)19-6-4-5-13(2)24-19/h4-12H,3H2,1-2H3,(H,23,25). The van der Waals surface area contributed by atoms with Gasteiger partial charge in [0.1, 0.15) is 0 Å². The molecule has 0 atom stereocenters. The molecule has 0 saturated heterocycles. The molecule has 1 N–H and O–H groups in total. The van der Waals surface area contributed by atoms with Crippen LogP contribution in [0.15, 0.2) is 54.9 Å². The van der Waals surface area contributed by atoms with E-state index in [1.165, 1.54) is 0 Å². The van der Waals surface area contributed by atoms with Gasteiger partial charge in [0.2, 0.25) is 0 Å². The van der Waals surface area contributed by atoms with E-state index in [1.807, 2.05) is 43.3 Å². The molecule has 134 valence electrons. The van der Waals surface area contributed by atoms with E-state index < -0.39 is 0 Å². The second-order valence-electron chi connectivity index (χ2n) is 6.17. The Morgan fingerprint density at radius 3 is 2.85 bits per heavy atom. The maximum atomic E-state index is 12.0. The second-order valence-corrected chi connectivity index (χ2v) is 6.17. The van der Waals surface area contributed by atoms with E-state index in [0.717, 1.165) is 39.1 Å². The summed E-state index contributed by atoms with van der Waals surface area (Å²) in [4.78, 5) is 20.9. The lowest BCUT2D eigenvalue weighted by Gasteiger charge is -2.07. The second kappa shape index (κ2) is 6.99. The molecular formula is C21H18N4O2. The molecule has 0 bridgehead atoms. The minimum atomic E-state index is -0.370. The number of ether oxygens (including phenoxy) is 1. The lowest BCUT2D eigenvalue weighted by atomic mass is 10.0. The Kier molecular flexibility index (Phi) is 4.38. The fourth-order valence-corrected chi connectivity index (χ4v) is 3.01. The highest BCUT2D eigenvalue weighted by Gasteiger charge is 2.13. The van der Waals surface area contributed by atoms with Gasteiger partial charge < -0.3 is 4.74 Å². The van der Waals surface area contributed by atoms with Crippen LogP contribution < -0.4 is 0 Å². The van der Waals surface area contributed by atoms with Gasteiger partial charge in [-0.3, -0.25) is 15.1 Å². The molecule has 4 aromatic rings. The minimum Gasteiger partial charge on any atom is -0.462 e. The van der Waals surface area contributed by atoms with E-state index in [-0.39, 0.29) is 5.97 Å². The lowest BCUT2D eigenvalue weighted by molar-refractivity contribution is 0.0526. The molecule has 4 rings (SSSR count). The summed E-state index contributed by atoms with van der Waals surface area (Å²) in [5.41, 5.74) is 5.79. The van der Waals surface area contributed by atoms with Gasteiger partial charge in [-0.05, 0) is 49.7 Å². The fraction of sp³-hybridized carbons (Fsp3) is 0.143. The van der Waals surface area contributed by atoms with Gasteiger partial charge >= 0.3 is 5.97 Å². The van der Waals surface area contributed by atoms with Crippen molar-refractivity contribution >= 4 is 16.9 Å². The average molecular weight is 358 g/mol. The molecule has 0 unspecified atom stereocenters. The first-order chi connectivity index (χ1) is 13.2. The SMILES string of the molecule is CCOC(=O)c1cnc2ccc(-c3cn[nH]c3-c3cccc(C)n3)cc2c1. The third-order valence-corrected chi connectivity index (χ3v) is 4.29. The summed E-state index contributed by atoms with van der Waals surface area (Å²) in [6.45, 7) is 4.07. The van der Waals surface area contributed by atoms with E-state index in [9.17, 15) is 4.79 Å². The van der Waals surface area contributed by atoms with Gasteiger partial charge in [0.15, 0.2) is 0 Å². The van der Waals surface area contributed by atoms with Crippen LogP contribution in [-0.4, -0.2) is 32.7 Å². The van der Waals surface area contributed by atoms with Crippen LogP contribution in [0.2, 0.25) is 0 Å². The summed E-state index contributed by atoms with van der Waals surface area (Å²) in [6, 6.07) is 13.6. The van der Waals surface area contributed by atoms with E-state index in [2.05, 4.69) is 20.2 Å². The third kappa shape index (κ3) is 3.29. The van der Waals surface area contributed by atoms with Crippen molar-refractivity contribution in [2.75, 3.05) is 6.61 Å². The quantitative estimate of drug-likeness (QED) is 0.554. The topological polar surface area (TPSA) is 80.8 Å². The van der Waals surface area contributed by atoms with E-state index in [4.69, 9.17) is 4.74 Å². The monoisotopic (exact) mass is 358 g/mol. The number of H-pyrrole nitrogens is 1. The van der Waals surface area contributed by atoms with Crippen LogP contribution in [0.1, 0.15) is 23.0 Å². The molecule has 0 amide bonds. The van der Waals surface area contributed by atoms with E-state index >= 15 is 0 Å². The van der Waals surface area contributed by atoms with Gasteiger partial charge in [-0.1, -0.05) is 12.1 Å². The van der Waals surface area contributed by atoms with Crippen LogP contribution in [0.5, 0.6) is 0 Å². The fourth-order valence-electron chi connectivity index (χ4n) is 3.01. The number of aromatic amines is 1. The van der Waals surface area contributed by atoms with E-state index in [1.54, 1.807) is 25.4 Å². The molecule has 0 aliphatic rings. The van der Waals surface area contributed by atoms with Crippen molar-refractivity contribution in [1.29, 1.82) is 0 Å². The molecule has 27 heavy (non-hydrogen) atoms. The maximum Gasteiger partial charge on any atom is 0.339 e. The number of rotatable bonds is 4. The van der Waals surface area contributed by atoms with Crippen LogP contribution in [0.3, 0.4) is 0 Å². The summed E-state index contributed by atoms with van der Waals surface area (Å²) in [6.07, 6.45) is 3.32. The summed E-state index contributed by atoms with van der Waals surface area (Å²) < 4.78 is 5.07. The Hall–Kier alpha value is -3.54. The smallest absolute Gasteiger partial charge is 0.339 e. The first-order valence-corrected chi connectivity index (χ1v) is 8.70. The first-order valence-electron chi connectivity index (χ1n) is 8.70. The molecule has 0 fully saturated rings. The van der Waals surface area contributed by atoms with Gasteiger partial charge in [0, 0.05) is 22.8 Å². The molecule has 0 saturated carbocycles. The van der Waals surface area contributed by atoms with Crippen LogP contribution in [-0.2, 0) is 4.74 Å². The highest BCUT2D eigenvalue weighted by Crippen LogP contribution is 2.31. The molecule has 3 heterocycles. The number of aromatic nitrogens is 4. The Bertz CT molecular complexity index is 1130. The highest BCUT2D eigenvalue weighted by atomic mass is 16.5. The van der Waals surface area contributed by atoms with Crippen molar-refractivity contribution in [3.05, 3.63) is 66.1 Å². The van der Waals surface area contributed by atoms with Crippen molar-refractivity contribution < 1.29 is 9.53 Å². The molecule has 3 aromatic heterocycles. The van der Waals surface area contributed by atoms with Crippen LogP contribution >= 0.6 is 0 Å². The van der Waals surface area contributed by atoms with Gasteiger partial charge in [0.25, 0.3) is 0 Å². The van der Waals surface area contributed by atoms with Crippen molar-refractivity contribution in [2.45, 2.75) is 13.8 Å². The Balaban J connectivity index is 1.79. The van der Waals surface area contributed by atoms with E-state index in [0.29, 0.717) is 12.2 Å². The molecular weight excluding hydrogens is 340 g/mol. The maximum absolute atomic E-state index is 12.0. The Morgan fingerprint density at radius 2 is 2.04 bits per heavy atom. The van der Waals surface area contributed by atoms with Gasteiger partial charge in [-0.15, -0.1) is 0 Å². The van der Waals surface area contributed by atoms with Crippen molar-refractivity contribution in [1.82, 2.24) is 20.2 Å². The third-order valence-electron chi connectivity index (χ3n) is 4.29. The predicted octanol–water partition coefficient (Wildman–Crippen LogP) is 4.17. The summed E-state index contributed by atoms with van der Waals surface area (Å²) >= 11 is 0. The molecule has 6 nitrogen and oxygen atoms in total.